The van der Waals surface area contributed by atoms with E-state index in [1.165, 1.54) is 16.4 Å². The van der Waals surface area contributed by atoms with Gasteiger partial charge >= 0.3 is 0 Å². The first kappa shape index (κ1) is 15.4. The van der Waals surface area contributed by atoms with Gasteiger partial charge in [-0.05, 0) is 31.5 Å². The average Bonchev–Trinajstić information content (AvgIpc) is 2.41. The molecule has 1 aromatic rings. The SMILES string of the molecule is Cc1ccc(F)c(S(=O)(=O)N2CCOC(C(C)N)C2)c1. The Morgan fingerprint density at radius 2 is 2.20 bits per heavy atom. The first-order chi connectivity index (χ1) is 9.32. The second-order valence-corrected chi connectivity index (χ2v) is 6.97. The van der Waals surface area contributed by atoms with Gasteiger partial charge in [-0.15, -0.1) is 0 Å². The minimum absolute atomic E-state index is 0.146. The highest BCUT2D eigenvalue weighted by molar-refractivity contribution is 7.89. The molecule has 1 heterocycles. The summed E-state index contributed by atoms with van der Waals surface area (Å²) in [5, 5.41) is 0. The topological polar surface area (TPSA) is 72.6 Å². The molecule has 1 fully saturated rings. The van der Waals surface area contributed by atoms with Crippen molar-refractivity contribution < 1.29 is 17.5 Å². The molecule has 2 atom stereocenters. The molecule has 1 saturated heterocycles. The van der Waals surface area contributed by atoms with Crippen LogP contribution in [-0.4, -0.2) is 44.6 Å². The van der Waals surface area contributed by atoms with Crippen LogP contribution < -0.4 is 5.73 Å². The van der Waals surface area contributed by atoms with E-state index in [1.54, 1.807) is 19.9 Å². The minimum atomic E-state index is -3.86. The van der Waals surface area contributed by atoms with E-state index < -0.39 is 15.8 Å². The van der Waals surface area contributed by atoms with E-state index in [0.29, 0.717) is 5.56 Å². The number of benzene rings is 1. The van der Waals surface area contributed by atoms with Gasteiger partial charge in [-0.2, -0.15) is 4.31 Å². The molecule has 0 bridgehead atoms. The Hall–Kier alpha value is -1.02. The summed E-state index contributed by atoms with van der Waals surface area (Å²) >= 11 is 0. The summed E-state index contributed by atoms with van der Waals surface area (Å²) in [6, 6.07) is 3.78. The number of nitrogens with two attached hydrogens (primary N) is 1. The van der Waals surface area contributed by atoms with Crippen LogP contribution in [0, 0.1) is 12.7 Å². The lowest BCUT2D eigenvalue weighted by atomic mass is 10.2. The predicted octanol–water partition coefficient (Wildman–Crippen LogP) is 0.871. The van der Waals surface area contributed by atoms with Crippen molar-refractivity contribution in [2.24, 2.45) is 5.73 Å². The van der Waals surface area contributed by atoms with Crippen LogP contribution in [0.25, 0.3) is 0 Å². The Kier molecular flexibility index (Phi) is 4.43. The van der Waals surface area contributed by atoms with Crippen LogP contribution in [-0.2, 0) is 14.8 Å². The Morgan fingerprint density at radius 1 is 1.50 bits per heavy atom. The molecule has 5 nitrogen and oxygen atoms in total. The van der Waals surface area contributed by atoms with E-state index in [4.69, 9.17) is 10.5 Å². The maximum Gasteiger partial charge on any atom is 0.246 e. The smallest absolute Gasteiger partial charge is 0.246 e. The summed E-state index contributed by atoms with van der Waals surface area (Å²) in [5.74, 6) is -0.737. The quantitative estimate of drug-likeness (QED) is 0.899. The molecule has 2 unspecified atom stereocenters. The van der Waals surface area contributed by atoms with Gasteiger partial charge in [0.05, 0.1) is 12.7 Å². The van der Waals surface area contributed by atoms with Crippen LogP contribution in [0.1, 0.15) is 12.5 Å². The number of morpholine rings is 1. The molecule has 0 aromatic heterocycles. The normalized spacial score (nSPS) is 22.7. The van der Waals surface area contributed by atoms with Gasteiger partial charge in [0.15, 0.2) is 0 Å². The zero-order chi connectivity index (χ0) is 14.9. The summed E-state index contributed by atoms with van der Waals surface area (Å²) < 4.78 is 45.5. The van der Waals surface area contributed by atoms with Gasteiger partial charge in [0.2, 0.25) is 10.0 Å². The fraction of sp³-hybridized carbons (Fsp3) is 0.538. The van der Waals surface area contributed by atoms with Crippen molar-refractivity contribution in [1.29, 1.82) is 0 Å². The number of nitrogens with zero attached hydrogens (tertiary/aromatic N) is 1. The van der Waals surface area contributed by atoms with E-state index in [-0.39, 0.29) is 36.7 Å². The standard InChI is InChI=1S/C13H19FN2O3S/c1-9-3-4-11(14)13(7-9)20(17,18)16-5-6-19-12(8-16)10(2)15/h3-4,7,10,12H,5-6,8,15H2,1-2H3. The van der Waals surface area contributed by atoms with E-state index >= 15 is 0 Å². The lowest BCUT2D eigenvalue weighted by Gasteiger charge is -2.34. The number of aryl methyl sites for hydroxylation is 1. The lowest BCUT2D eigenvalue weighted by molar-refractivity contribution is -0.0120. The zero-order valence-electron chi connectivity index (χ0n) is 11.5. The molecule has 0 spiro atoms. The van der Waals surface area contributed by atoms with Crippen molar-refractivity contribution in [3.63, 3.8) is 0 Å². The largest absolute Gasteiger partial charge is 0.374 e. The Balaban J connectivity index is 2.32. The van der Waals surface area contributed by atoms with Crippen molar-refractivity contribution in [2.45, 2.75) is 30.9 Å². The molecule has 1 aliphatic heterocycles. The third kappa shape index (κ3) is 3.01. The van der Waals surface area contributed by atoms with Gasteiger partial charge in [0, 0.05) is 19.1 Å². The molecule has 2 rings (SSSR count). The minimum Gasteiger partial charge on any atom is -0.374 e. The molecular formula is C13H19FN2O3S. The van der Waals surface area contributed by atoms with Crippen molar-refractivity contribution in [3.05, 3.63) is 29.6 Å². The molecule has 0 radical (unpaired) electrons. The monoisotopic (exact) mass is 302 g/mol. The molecule has 7 heteroatoms. The van der Waals surface area contributed by atoms with Gasteiger partial charge in [-0.1, -0.05) is 6.07 Å². The summed E-state index contributed by atoms with van der Waals surface area (Å²) in [7, 11) is -3.86. The Bertz CT molecular complexity index is 589. The molecule has 0 saturated carbocycles. The van der Waals surface area contributed by atoms with Crippen LogP contribution in [0.2, 0.25) is 0 Å². The van der Waals surface area contributed by atoms with Gasteiger partial charge in [-0.3, -0.25) is 0 Å². The van der Waals surface area contributed by atoms with Gasteiger partial charge in [-0.25, -0.2) is 12.8 Å². The first-order valence-electron chi connectivity index (χ1n) is 6.46. The molecule has 112 valence electrons. The van der Waals surface area contributed by atoms with Crippen LogP contribution in [0.5, 0.6) is 0 Å². The maximum atomic E-state index is 13.8. The number of rotatable bonds is 3. The highest BCUT2D eigenvalue weighted by Crippen LogP contribution is 2.23. The summed E-state index contributed by atoms with van der Waals surface area (Å²) in [6.45, 7) is 4.10. The van der Waals surface area contributed by atoms with E-state index in [9.17, 15) is 12.8 Å². The van der Waals surface area contributed by atoms with Crippen molar-refractivity contribution in [1.82, 2.24) is 4.31 Å². The van der Waals surface area contributed by atoms with Gasteiger partial charge in [0.1, 0.15) is 10.7 Å². The van der Waals surface area contributed by atoms with Crippen LogP contribution >= 0.6 is 0 Å². The summed E-state index contributed by atoms with van der Waals surface area (Å²) in [5.41, 5.74) is 6.44. The summed E-state index contributed by atoms with van der Waals surface area (Å²) in [6.07, 6.45) is -0.369. The number of hydrogen-bond acceptors (Lipinski definition) is 4. The zero-order valence-corrected chi connectivity index (χ0v) is 12.4. The number of sulfonamides is 1. The van der Waals surface area contributed by atoms with E-state index in [1.807, 2.05) is 0 Å². The van der Waals surface area contributed by atoms with Crippen LogP contribution in [0.3, 0.4) is 0 Å². The Morgan fingerprint density at radius 3 is 2.85 bits per heavy atom. The van der Waals surface area contributed by atoms with E-state index in [2.05, 4.69) is 0 Å². The second-order valence-electron chi connectivity index (χ2n) is 5.07. The summed E-state index contributed by atoms with van der Waals surface area (Å²) in [4.78, 5) is -0.289. The fourth-order valence-electron chi connectivity index (χ4n) is 2.13. The molecule has 20 heavy (non-hydrogen) atoms. The number of ether oxygens (including phenoxy) is 1. The highest BCUT2D eigenvalue weighted by Gasteiger charge is 2.33. The average molecular weight is 302 g/mol. The van der Waals surface area contributed by atoms with Crippen molar-refractivity contribution in [2.75, 3.05) is 19.7 Å². The molecule has 0 aliphatic carbocycles. The van der Waals surface area contributed by atoms with Crippen LogP contribution in [0.4, 0.5) is 4.39 Å². The Labute approximate surface area is 118 Å². The van der Waals surface area contributed by atoms with Crippen molar-refractivity contribution in [3.8, 4) is 0 Å². The predicted molar refractivity (Wildman–Crippen MR) is 73.3 cm³/mol. The third-order valence-corrected chi connectivity index (χ3v) is 5.23. The second kappa shape index (κ2) is 5.77. The lowest BCUT2D eigenvalue weighted by Crippen LogP contribution is -2.51. The van der Waals surface area contributed by atoms with E-state index in [0.717, 1.165) is 0 Å². The molecular weight excluding hydrogens is 283 g/mol. The highest BCUT2D eigenvalue weighted by atomic mass is 32.2. The number of halogens is 1. The van der Waals surface area contributed by atoms with Crippen LogP contribution in [0.15, 0.2) is 23.1 Å². The fourth-order valence-corrected chi connectivity index (χ4v) is 3.72. The van der Waals surface area contributed by atoms with Gasteiger partial charge < -0.3 is 10.5 Å². The molecule has 1 aliphatic rings. The molecule has 1 aromatic carbocycles. The van der Waals surface area contributed by atoms with Crippen molar-refractivity contribution >= 4 is 10.0 Å². The number of hydrogen-bond donors (Lipinski definition) is 1. The van der Waals surface area contributed by atoms with Gasteiger partial charge in [0.25, 0.3) is 0 Å². The maximum absolute atomic E-state index is 13.8. The molecule has 2 N–H and O–H groups in total. The molecule has 0 amide bonds. The first-order valence-corrected chi connectivity index (χ1v) is 7.90. The third-order valence-electron chi connectivity index (χ3n) is 3.35.